The summed E-state index contributed by atoms with van der Waals surface area (Å²) in [4.78, 5) is 0. The van der Waals surface area contributed by atoms with E-state index in [1.54, 1.807) is 0 Å². The van der Waals surface area contributed by atoms with Gasteiger partial charge < -0.3 is 0 Å². The fourth-order valence-electron chi connectivity index (χ4n) is 1.25. The molecule has 1 aromatic rings. The van der Waals surface area contributed by atoms with Gasteiger partial charge in [0, 0.05) is 15.6 Å². The summed E-state index contributed by atoms with van der Waals surface area (Å²) in [5.41, 5.74) is 8.89. The molecule has 0 atom stereocenters. The Bertz CT molecular complexity index is 531. The van der Waals surface area contributed by atoms with E-state index in [2.05, 4.69) is 96.3 Å². The Morgan fingerprint density at radius 2 is 1.11 bits per heavy atom. The van der Waals surface area contributed by atoms with Crippen LogP contribution in [0.5, 0.6) is 0 Å². The van der Waals surface area contributed by atoms with Crippen LogP contribution in [-0.4, -0.2) is 16.1 Å². The molecule has 0 bridgehead atoms. The van der Waals surface area contributed by atoms with E-state index in [1.165, 1.54) is 0 Å². The van der Waals surface area contributed by atoms with Crippen molar-refractivity contribution in [2.75, 3.05) is 0 Å². The van der Waals surface area contributed by atoms with Crippen LogP contribution in [0.4, 0.5) is 0 Å². The molecular weight excluding hydrogens is 328 g/mol. The van der Waals surface area contributed by atoms with E-state index in [-0.39, 0.29) is 0 Å². The molecule has 0 aliphatic heterocycles. The van der Waals surface area contributed by atoms with E-state index in [0.717, 1.165) is 15.6 Å². The third kappa shape index (κ3) is 7.42. The summed E-state index contributed by atoms with van der Waals surface area (Å²) in [6, 6.07) is 6.21. The van der Waals surface area contributed by atoms with Crippen molar-refractivity contribution in [2.24, 2.45) is 0 Å². The SMILES string of the molecule is C[Si](C)(C)C#Cc1cc(Br)cc(C#C[Si](C)(C)C)c1. The standard InChI is InChI=1S/C16H21BrSi2/c1-18(2,3)9-7-14-11-15(13-16(17)12-14)8-10-19(4,5)6/h11-13H,1-6H3. The summed E-state index contributed by atoms with van der Waals surface area (Å²) in [7, 11) is -2.66. The average Bonchev–Trinajstić information content (AvgIpc) is 2.21. The summed E-state index contributed by atoms with van der Waals surface area (Å²) >= 11 is 3.54. The van der Waals surface area contributed by atoms with Crippen molar-refractivity contribution in [2.45, 2.75) is 39.3 Å². The molecule has 0 spiro atoms. The maximum Gasteiger partial charge on any atom is 0.129 e. The lowest BCUT2D eigenvalue weighted by atomic mass is 10.1. The number of halogens is 1. The van der Waals surface area contributed by atoms with Crippen LogP contribution in [-0.2, 0) is 0 Å². The van der Waals surface area contributed by atoms with Crippen LogP contribution in [0.2, 0.25) is 39.3 Å². The van der Waals surface area contributed by atoms with Gasteiger partial charge in [0.25, 0.3) is 0 Å². The molecule has 1 aromatic carbocycles. The van der Waals surface area contributed by atoms with Crippen molar-refractivity contribution in [3.63, 3.8) is 0 Å². The number of hydrogen-bond donors (Lipinski definition) is 0. The zero-order valence-corrected chi connectivity index (χ0v) is 16.2. The summed E-state index contributed by atoms with van der Waals surface area (Å²) in [6.45, 7) is 13.5. The first-order chi connectivity index (χ1) is 8.55. The van der Waals surface area contributed by atoms with Crippen LogP contribution in [0.25, 0.3) is 0 Å². The van der Waals surface area contributed by atoms with Crippen molar-refractivity contribution in [3.8, 4) is 22.9 Å². The quantitative estimate of drug-likeness (QED) is 0.461. The molecule has 19 heavy (non-hydrogen) atoms. The van der Waals surface area contributed by atoms with Gasteiger partial charge in [-0.05, 0) is 18.2 Å². The Morgan fingerprint density at radius 3 is 1.42 bits per heavy atom. The van der Waals surface area contributed by atoms with Crippen molar-refractivity contribution in [1.29, 1.82) is 0 Å². The van der Waals surface area contributed by atoms with Crippen LogP contribution in [0.3, 0.4) is 0 Å². The van der Waals surface area contributed by atoms with E-state index in [4.69, 9.17) is 0 Å². The molecule has 0 aliphatic rings. The van der Waals surface area contributed by atoms with Gasteiger partial charge in [0.2, 0.25) is 0 Å². The Balaban J connectivity index is 3.13. The molecular formula is C16H21BrSi2. The summed E-state index contributed by atoms with van der Waals surface area (Å²) in [6.07, 6.45) is 0. The van der Waals surface area contributed by atoms with E-state index < -0.39 is 16.1 Å². The van der Waals surface area contributed by atoms with Gasteiger partial charge in [-0.25, -0.2) is 0 Å². The lowest BCUT2D eigenvalue weighted by molar-refractivity contribution is 1.56. The Morgan fingerprint density at radius 1 is 0.737 bits per heavy atom. The van der Waals surface area contributed by atoms with Gasteiger partial charge in [0.15, 0.2) is 0 Å². The Hall–Kier alpha value is -0.746. The first-order valence-electron chi connectivity index (χ1n) is 6.42. The Kier molecular flexibility index (Phi) is 5.27. The predicted octanol–water partition coefficient (Wildman–Crippen LogP) is 4.91. The van der Waals surface area contributed by atoms with Crippen LogP contribution in [0, 0.1) is 22.9 Å². The molecule has 0 N–H and O–H groups in total. The smallest absolute Gasteiger partial charge is 0.127 e. The second-order valence-electron chi connectivity index (χ2n) is 6.73. The molecule has 3 heteroatoms. The zero-order chi connectivity index (χ0) is 14.7. The highest BCUT2D eigenvalue weighted by molar-refractivity contribution is 9.10. The Labute approximate surface area is 128 Å². The van der Waals surface area contributed by atoms with Crippen molar-refractivity contribution in [3.05, 3.63) is 33.8 Å². The largest absolute Gasteiger partial charge is 0.129 e. The molecule has 0 saturated carbocycles. The third-order valence-electron chi connectivity index (χ3n) is 2.06. The average molecular weight is 349 g/mol. The molecule has 0 unspecified atom stereocenters. The number of benzene rings is 1. The van der Waals surface area contributed by atoms with Crippen molar-refractivity contribution < 1.29 is 0 Å². The third-order valence-corrected chi connectivity index (χ3v) is 4.27. The second kappa shape index (κ2) is 6.14. The zero-order valence-electron chi connectivity index (χ0n) is 12.6. The topological polar surface area (TPSA) is 0 Å². The highest BCUT2D eigenvalue weighted by atomic mass is 79.9. The fourth-order valence-corrected chi connectivity index (χ4v) is 2.79. The predicted molar refractivity (Wildman–Crippen MR) is 94.6 cm³/mol. The van der Waals surface area contributed by atoms with Gasteiger partial charge >= 0.3 is 0 Å². The van der Waals surface area contributed by atoms with Gasteiger partial charge in [-0.15, -0.1) is 11.1 Å². The molecule has 0 aromatic heterocycles. The highest BCUT2D eigenvalue weighted by Gasteiger charge is 2.08. The van der Waals surface area contributed by atoms with Crippen LogP contribution >= 0.6 is 15.9 Å². The molecule has 0 fully saturated rings. The summed E-state index contributed by atoms with van der Waals surface area (Å²) in [5, 5.41) is 0. The summed E-state index contributed by atoms with van der Waals surface area (Å²) in [5.74, 6) is 6.58. The molecule has 0 nitrogen and oxygen atoms in total. The molecule has 0 radical (unpaired) electrons. The van der Waals surface area contributed by atoms with Crippen LogP contribution in [0.1, 0.15) is 11.1 Å². The maximum atomic E-state index is 3.54. The molecule has 0 amide bonds. The minimum absolute atomic E-state index is 1.05. The summed E-state index contributed by atoms with van der Waals surface area (Å²) < 4.78 is 1.05. The van der Waals surface area contributed by atoms with Gasteiger partial charge in [0.1, 0.15) is 16.1 Å². The van der Waals surface area contributed by atoms with Gasteiger partial charge in [-0.2, -0.15) is 0 Å². The van der Waals surface area contributed by atoms with E-state index >= 15 is 0 Å². The molecule has 0 saturated heterocycles. The first kappa shape index (κ1) is 16.3. The van der Waals surface area contributed by atoms with Crippen LogP contribution < -0.4 is 0 Å². The van der Waals surface area contributed by atoms with Crippen molar-refractivity contribution in [1.82, 2.24) is 0 Å². The van der Waals surface area contributed by atoms with E-state index in [9.17, 15) is 0 Å². The molecule has 0 heterocycles. The lowest BCUT2D eigenvalue weighted by Gasteiger charge is -2.05. The van der Waals surface area contributed by atoms with Crippen molar-refractivity contribution >= 4 is 32.1 Å². The molecule has 100 valence electrons. The van der Waals surface area contributed by atoms with Gasteiger partial charge in [0.05, 0.1) is 0 Å². The minimum Gasteiger partial charge on any atom is -0.127 e. The second-order valence-corrected chi connectivity index (χ2v) is 17.1. The molecule has 0 aliphatic carbocycles. The number of hydrogen-bond acceptors (Lipinski definition) is 0. The van der Waals surface area contributed by atoms with E-state index in [1.807, 2.05) is 0 Å². The fraction of sp³-hybridized carbons (Fsp3) is 0.375. The number of rotatable bonds is 0. The monoisotopic (exact) mass is 348 g/mol. The first-order valence-corrected chi connectivity index (χ1v) is 14.2. The van der Waals surface area contributed by atoms with Crippen LogP contribution in [0.15, 0.2) is 22.7 Å². The van der Waals surface area contributed by atoms with E-state index in [0.29, 0.717) is 0 Å². The van der Waals surface area contributed by atoms with Gasteiger partial charge in [-0.1, -0.05) is 67.1 Å². The maximum absolute atomic E-state index is 3.54. The highest BCUT2D eigenvalue weighted by Crippen LogP contribution is 2.15. The lowest BCUT2D eigenvalue weighted by Crippen LogP contribution is -2.16. The normalized spacial score (nSPS) is 11.1. The molecule has 1 rings (SSSR count). The minimum atomic E-state index is -1.33. The van der Waals surface area contributed by atoms with Gasteiger partial charge in [-0.3, -0.25) is 0 Å².